The molecule has 0 atom stereocenters. The second-order valence-corrected chi connectivity index (χ2v) is 5.09. The highest BCUT2D eigenvalue weighted by Crippen LogP contribution is 2.36. The van der Waals surface area contributed by atoms with E-state index in [1.807, 2.05) is 0 Å². The maximum atomic E-state index is 13.1. The van der Waals surface area contributed by atoms with E-state index in [1.54, 1.807) is 12.1 Å². The van der Waals surface area contributed by atoms with Gasteiger partial charge in [0.2, 0.25) is 0 Å². The van der Waals surface area contributed by atoms with Crippen LogP contribution in [0.25, 0.3) is 0 Å². The Kier molecular flexibility index (Phi) is 4.46. The van der Waals surface area contributed by atoms with Gasteiger partial charge in [0.15, 0.2) is 11.6 Å². The summed E-state index contributed by atoms with van der Waals surface area (Å²) >= 11 is 0. The standard InChI is InChI=1S/C16H14F3N5O/c17-16(18,19)11-5-1-2-6-12(11)24-15-13(20)14(22-9-23-15)21-8-10-4-3-7-25-10/h1-7,9H,8,20H2,(H2,21,22,23,24). The average Bonchev–Trinajstić information content (AvgIpc) is 3.09. The molecule has 0 aliphatic heterocycles. The number of para-hydroxylation sites is 1. The second-order valence-electron chi connectivity index (χ2n) is 5.09. The summed E-state index contributed by atoms with van der Waals surface area (Å²) in [6.45, 7) is 0.326. The molecule has 9 heteroatoms. The van der Waals surface area contributed by atoms with E-state index < -0.39 is 11.7 Å². The van der Waals surface area contributed by atoms with Crippen LogP contribution in [-0.2, 0) is 12.7 Å². The Hall–Kier alpha value is -3.23. The Bertz CT molecular complexity index is 849. The van der Waals surface area contributed by atoms with Crippen LogP contribution in [0.3, 0.4) is 0 Å². The van der Waals surface area contributed by atoms with Crippen molar-refractivity contribution >= 4 is 23.0 Å². The van der Waals surface area contributed by atoms with Crippen molar-refractivity contribution in [3.8, 4) is 0 Å². The Morgan fingerprint density at radius 1 is 1.04 bits per heavy atom. The van der Waals surface area contributed by atoms with E-state index in [4.69, 9.17) is 10.2 Å². The highest BCUT2D eigenvalue weighted by molar-refractivity contribution is 5.78. The number of halogens is 3. The van der Waals surface area contributed by atoms with Gasteiger partial charge in [0.25, 0.3) is 0 Å². The van der Waals surface area contributed by atoms with Crippen LogP contribution in [0.4, 0.5) is 36.2 Å². The van der Waals surface area contributed by atoms with Gasteiger partial charge in [-0.15, -0.1) is 0 Å². The van der Waals surface area contributed by atoms with Crippen LogP contribution in [0.2, 0.25) is 0 Å². The minimum atomic E-state index is -4.49. The predicted molar refractivity (Wildman–Crippen MR) is 87.2 cm³/mol. The molecule has 0 unspecified atom stereocenters. The highest BCUT2D eigenvalue weighted by Gasteiger charge is 2.33. The zero-order chi connectivity index (χ0) is 17.9. The van der Waals surface area contributed by atoms with E-state index in [-0.39, 0.29) is 17.2 Å². The number of benzene rings is 1. The molecule has 3 rings (SSSR count). The number of nitrogens with zero attached hydrogens (tertiary/aromatic N) is 2. The molecule has 25 heavy (non-hydrogen) atoms. The zero-order valence-electron chi connectivity index (χ0n) is 12.8. The maximum absolute atomic E-state index is 13.1. The summed E-state index contributed by atoms with van der Waals surface area (Å²) in [6.07, 6.45) is -1.76. The maximum Gasteiger partial charge on any atom is 0.418 e. The minimum Gasteiger partial charge on any atom is -0.467 e. The molecule has 0 saturated heterocycles. The largest absolute Gasteiger partial charge is 0.467 e. The summed E-state index contributed by atoms with van der Waals surface area (Å²) in [7, 11) is 0. The van der Waals surface area contributed by atoms with Crippen molar-refractivity contribution in [1.29, 1.82) is 0 Å². The molecule has 0 saturated carbocycles. The smallest absolute Gasteiger partial charge is 0.418 e. The molecule has 4 N–H and O–H groups in total. The first-order chi connectivity index (χ1) is 11.9. The Labute approximate surface area is 140 Å². The van der Waals surface area contributed by atoms with Gasteiger partial charge in [-0.1, -0.05) is 12.1 Å². The molecule has 0 bridgehead atoms. The zero-order valence-corrected chi connectivity index (χ0v) is 12.8. The van der Waals surface area contributed by atoms with Gasteiger partial charge in [0.05, 0.1) is 24.1 Å². The first kappa shape index (κ1) is 16.6. The number of nitrogen functional groups attached to an aromatic ring is 1. The van der Waals surface area contributed by atoms with Crippen molar-refractivity contribution in [3.05, 3.63) is 60.3 Å². The highest BCUT2D eigenvalue weighted by atomic mass is 19.4. The van der Waals surface area contributed by atoms with Crippen LogP contribution in [0, 0.1) is 0 Å². The summed E-state index contributed by atoms with van der Waals surface area (Å²) in [5.74, 6) is 1.03. The third kappa shape index (κ3) is 3.82. The Morgan fingerprint density at radius 3 is 2.52 bits per heavy atom. The van der Waals surface area contributed by atoms with Gasteiger partial charge in [-0.3, -0.25) is 0 Å². The van der Waals surface area contributed by atoms with Gasteiger partial charge >= 0.3 is 6.18 Å². The molecule has 0 amide bonds. The molecule has 0 fully saturated rings. The fourth-order valence-corrected chi connectivity index (χ4v) is 2.19. The number of furan rings is 1. The summed E-state index contributed by atoms with van der Waals surface area (Å²) in [5, 5.41) is 5.58. The third-order valence-electron chi connectivity index (χ3n) is 3.38. The molecule has 6 nitrogen and oxygen atoms in total. The van der Waals surface area contributed by atoms with Crippen molar-refractivity contribution in [3.63, 3.8) is 0 Å². The van der Waals surface area contributed by atoms with E-state index in [2.05, 4.69) is 20.6 Å². The van der Waals surface area contributed by atoms with Crippen molar-refractivity contribution < 1.29 is 17.6 Å². The molecular formula is C16H14F3N5O. The van der Waals surface area contributed by atoms with Crippen molar-refractivity contribution in [2.75, 3.05) is 16.4 Å². The van der Waals surface area contributed by atoms with Crippen LogP contribution in [-0.4, -0.2) is 9.97 Å². The topological polar surface area (TPSA) is 89.0 Å². The molecule has 3 aromatic rings. The predicted octanol–water partition coefficient (Wildman–Crippen LogP) is 4.03. The van der Waals surface area contributed by atoms with E-state index >= 15 is 0 Å². The Morgan fingerprint density at radius 2 is 1.80 bits per heavy atom. The van der Waals surface area contributed by atoms with Gasteiger partial charge in [-0.2, -0.15) is 13.2 Å². The van der Waals surface area contributed by atoms with Crippen molar-refractivity contribution in [2.24, 2.45) is 0 Å². The number of nitrogens with one attached hydrogen (secondary N) is 2. The van der Waals surface area contributed by atoms with E-state index in [0.717, 1.165) is 6.07 Å². The van der Waals surface area contributed by atoms with Crippen molar-refractivity contribution in [2.45, 2.75) is 12.7 Å². The summed E-state index contributed by atoms with van der Waals surface area (Å²) in [6, 6.07) is 8.60. The van der Waals surface area contributed by atoms with Gasteiger partial charge in [0.1, 0.15) is 17.8 Å². The van der Waals surface area contributed by atoms with E-state index in [0.29, 0.717) is 18.1 Å². The number of rotatable bonds is 5. The lowest BCUT2D eigenvalue weighted by Gasteiger charge is -2.16. The minimum absolute atomic E-state index is 0.0774. The second kappa shape index (κ2) is 6.71. The molecule has 0 spiro atoms. The first-order valence-electron chi connectivity index (χ1n) is 7.25. The molecule has 0 aliphatic rings. The van der Waals surface area contributed by atoms with Crippen LogP contribution in [0.1, 0.15) is 11.3 Å². The first-order valence-corrected chi connectivity index (χ1v) is 7.25. The number of alkyl halides is 3. The lowest BCUT2D eigenvalue weighted by molar-refractivity contribution is -0.136. The molecule has 130 valence electrons. The molecule has 0 radical (unpaired) electrons. The third-order valence-corrected chi connectivity index (χ3v) is 3.38. The molecule has 2 aromatic heterocycles. The molecule has 2 heterocycles. The lowest BCUT2D eigenvalue weighted by atomic mass is 10.1. The number of hydrogen-bond acceptors (Lipinski definition) is 6. The molecule has 0 aliphatic carbocycles. The number of aromatic nitrogens is 2. The van der Waals surface area contributed by atoms with Crippen LogP contribution in [0.5, 0.6) is 0 Å². The summed E-state index contributed by atoms with van der Waals surface area (Å²) < 4.78 is 44.4. The van der Waals surface area contributed by atoms with Gasteiger partial charge in [0, 0.05) is 0 Å². The van der Waals surface area contributed by atoms with E-state index in [1.165, 1.54) is 30.8 Å². The number of anilines is 4. The molecular weight excluding hydrogens is 335 g/mol. The summed E-state index contributed by atoms with van der Waals surface area (Å²) in [5.41, 5.74) is 5.12. The Balaban J connectivity index is 1.83. The lowest BCUT2D eigenvalue weighted by Crippen LogP contribution is -2.11. The SMILES string of the molecule is Nc1c(NCc2ccco2)ncnc1Nc1ccccc1C(F)(F)F. The van der Waals surface area contributed by atoms with E-state index in [9.17, 15) is 13.2 Å². The van der Waals surface area contributed by atoms with Crippen LogP contribution in [0.15, 0.2) is 53.4 Å². The quantitative estimate of drug-likeness (QED) is 0.644. The monoisotopic (exact) mass is 349 g/mol. The van der Waals surface area contributed by atoms with Crippen molar-refractivity contribution in [1.82, 2.24) is 9.97 Å². The van der Waals surface area contributed by atoms with Gasteiger partial charge in [-0.25, -0.2) is 9.97 Å². The number of hydrogen-bond donors (Lipinski definition) is 3. The number of nitrogens with two attached hydrogens (primary N) is 1. The fourth-order valence-electron chi connectivity index (χ4n) is 2.19. The average molecular weight is 349 g/mol. The summed E-state index contributed by atoms with van der Waals surface area (Å²) in [4.78, 5) is 7.92. The molecule has 1 aromatic carbocycles. The van der Waals surface area contributed by atoms with Crippen LogP contribution >= 0.6 is 0 Å². The normalized spacial score (nSPS) is 11.3. The fraction of sp³-hybridized carbons (Fsp3) is 0.125. The van der Waals surface area contributed by atoms with Crippen LogP contribution < -0.4 is 16.4 Å². The van der Waals surface area contributed by atoms with Gasteiger partial charge < -0.3 is 20.8 Å². The van der Waals surface area contributed by atoms with Gasteiger partial charge in [-0.05, 0) is 24.3 Å².